The molecule has 206 valence electrons. The van der Waals surface area contributed by atoms with Crippen LogP contribution in [-0.2, 0) is 0 Å². The lowest BCUT2D eigenvalue weighted by atomic mass is 9.93. The number of benzene rings is 5. The Kier molecular flexibility index (Phi) is 6.34. The van der Waals surface area contributed by atoms with Gasteiger partial charge in [0.25, 0.3) is 0 Å². The monoisotopic (exact) mass is 580 g/mol. The van der Waals surface area contributed by atoms with Gasteiger partial charge in [0.2, 0.25) is 0 Å². The molecule has 0 saturated carbocycles. The highest BCUT2D eigenvalue weighted by atomic mass is 14.4. The fourth-order valence-electron chi connectivity index (χ4n) is 6.43. The Morgan fingerprint density at radius 3 is 1.09 bits per heavy atom. The van der Waals surface area contributed by atoms with E-state index in [-0.39, 0.29) is 11.1 Å². The minimum Gasteiger partial charge on any atom is -0.192 e. The summed E-state index contributed by atoms with van der Waals surface area (Å²) in [6.45, 7) is 0. The van der Waals surface area contributed by atoms with Crippen LogP contribution >= 0.6 is 0 Å². The summed E-state index contributed by atoms with van der Waals surface area (Å²) in [6, 6.07) is 42.6. The summed E-state index contributed by atoms with van der Waals surface area (Å²) in [5, 5.41) is 59.0. The van der Waals surface area contributed by atoms with Gasteiger partial charge in [-0.2, -0.15) is 31.6 Å². The second-order valence-electron chi connectivity index (χ2n) is 10.8. The van der Waals surface area contributed by atoms with Crippen molar-refractivity contribution in [1.29, 1.82) is 31.6 Å². The van der Waals surface area contributed by atoms with E-state index >= 15 is 0 Å². The maximum atomic E-state index is 10.0. The molecule has 2 aliphatic carbocycles. The molecule has 0 spiro atoms. The van der Waals surface area contributed by atoms with Gasteiger partial charge >= 0.3 is 0 Å². The molecular formula is C40H16N6. The van der Waals surface area contributed by atoms with Crippen molar-refractivity contribution in [3.8, 4) is 80.9 Å². The molecule has 0 aromatic heterocycles. The minimum absolute atomic E-state index is 0.0284. The smallest absolute Gasteiger partial charge is 0.138 e. The maximum absolute atomic E-state index is 10.0. The van der Waals surface area contributed by atoms with Crippen LogP contribution in [0.2, 0.25) is 0 Å². The summed E-state index contributed by atoms with van der Waals surface area (Å²) in [4.78, 5) is 0. The van der Waals surface area contributed by atoms with Gasteiger partial charge in [0.15, 0.2) is 0 Å². The summed E-state index contributed by atoms with van der Waals surface area (Å²) >= 11 is 0. The van der Waals surface area contributed by atoms with Gasteiger partial charge in [-0.25, -0.2) is 0 Å². The van der Waals surface area contributed by atoms with Gasteiger partial charge in [-0.05, 0) is 115 Å². The van der Waals surface area contributed by atoms with E-state index in [1.54, 1.807) is 24.3 Å². The molecular weight excluding hydrogens is 564 g/mol. The van der Waals surface area contributed by atoms with Crippen molar-refractivity contribution < 1.29 is 0 Å². The Balaban J connectivity index is 1.48. The van der Waals surface area contributed by atoms with Crippen molar-refractivity contribution in [1.82, 2.24) is 0 Å². The fourth-order valence-corrected chi connectivity index (χ4v) is 6.43. The zero-order chi connectivity index (χ0) is 31.9. The van der Waals surface area contributed by atoms with E-state index in [2.05, 4.69) is 36.4 Å². The average molecular weight is 581 g/mol. The van der Waals surface area contributed by atoms with Crippen LogP contribution in [0, 0.1) is 68.0 Å². The van der Waals surface area contributed by atoms with Crippen LogP contribution in [0.3, 0.4) is 0 Å². The fraction of sp³-hybridized carbons (Fsp3) is 0. The van der Waals surface area contributed by atoms with Crippen molar-refractivity contribution in [2.75, 3.05) is 0 Å². The molecule has 0 N–H and O–H groups in total. The van der Waals surface area contributed by atoms with Crippen LogP contribution in [0.1, 0.15) is 33.4 Å². The number of hydrogen-bond acceptors (Lipinski definition) is 6. The molecule has 6 heteroatoms. The van der Waals surface area contributed by atoms with E-state index in [4.69, 9.17) is 0 Å². The zero-order valence-corrected chi connectivity index (χ0v) is 23.9. The molecule has 7 rings (SSSR count). The number of allylic oxidation sites excluding steroid dienone is 2. The lowest BCUT2D eigenvalue weighted by molar-refractivity contribution is 1.45. The Labute approximate surface area is 264 Å². The summed E-state index contributed by atoms with van der Waals surface area (Å²) in [5.41, 5.74) is 11.4. The topological polar surface area (TPSA) is 143 Å². The molecule has 0 unspecified atom stereocenters. The number of nitriles is 6. The number of rotatable bonds is 2. The average Bonchev–Trinajstić information content (AvgIpc) is 3.60. The van der Waals surface area contributed by atoms with E-state index < -0.39 is 0 Å². The van der Waals surface area contributed by atoms with E-state index in [0.29, 0.717) is 33.4 Å². The largest absolute Gasteiger partial charge is 0.192 e. The van der Waals surface area contributed by atoms with Crippen molar-refractivity contribution in [2.24, 2.45) is 0 Å². The second-order valence-corrected chi connectivity index (χ2v) is 10.8. The van der Waals surface area contributed by atoms with Crippen LogP contribution < -0.4 is 0 Å². The summed E-state index contributed by atoms with van der Waals surface area (Å²) < 4.78 is 0. The summed E-state index contributed by atoms with van der Waals surface area (Å²) in [5.74, 6) is 0. The van der Waals surface area contributed by atoms with Crippen molar-refractivity contribution in [3.63, 3.8) is 0 Å². The molecule has 0 heterocycles. The molecule has 0 amide bonds. The molecule has 0 radical (unpaired) electrons. The lowest BCUT2D eigenvalue weighted by Crippen LogP contribution is -1.91. The first kappa shape index (κ1) is 27.4. The third-order valence-electron chi connectivity index (χ3n) is 8.45. The lowest BCUT2D eigenvalue weighted by Gasteiger charge is -2.08. The Morgan fingerprint density at radius 1 is 0.348 bits per heavy atom. The van der Waals surface area contributed by atoms with Crippen LogP contribution in [0.25, 0.3) is 55.7 Å². The summed E-state index contributed by atoms with van der Waals surface area (Å²) in [7, 11) is 0. The predicted molar refractivity (Wildman–Crippen MR) is 172 cm³/mol. The van der Waals surface area contributed by atoms with Crippen LogP contribution in [-0.4, -0.2) is 0 Å². The Hall–Kier alpha value is -7.48. The van der Waals surface area contributed by atoms with Crippen molar-refractivity contribution in [3.05, 3.63) is 142 Å². The van der Waals surface area contributed by atoms with Gasteiger partial charge in [-0.15, -0.1) is 0 Å². The molecule has 5 aromatic carbocycles. The van der Waals surface area contributed by atoms with E-state index in [9.17, 15) is 31.6 Å². The van der Waals surface area contributed by atoms with Gasteiger partial charge in [-0.1, -0.05) is 48.5 Å². The zero-order valence-electron chi connectivity index (χ0n) is 23.9. The van der Waals surface area contributed by atoms with E-state index in [0.717, 1.165) is 55.6 Å². The maximum Gasteiger partial charge on any atom is 0.138 e. The van der Waals surface area contributed by atoms with E-state index in [1.165, 1.54) is 0 Å². The second kappa shape index (κ2) is 10.7. The third kappa shape index (κ3) is 4.06. The highest BCUT2D eigenvalue weighted by Crippen LogP contribution is 2.54. The third-order valence-corrected chi connectivity index (χ3v) is 8.45. The Bertz CT molecular complexity index is 2330. The van der Waals surface area contributed by atoms with Gasteiger partial charge < -0.3 is 0 Å². The first-order valence-electron chi connectivity index (χ1n) is 14.1. The molecule has 46 heavy (non-hydrogen) atoms. The standard InChI is InChI=1S/C40H16N6/c41-17-23-3-1-5-25(11-23)27-7-9-31-33-15-38-34(16-37(33)39(35(31)13-27)29(19-43)20-44)32-10-8-28(26-6-2-4-24(12-26)18-42)14-36(32)40(38)30(21-45)22-46/h1-16H. The molecule has 5 aromatic rings. The number of hydrogen-bond donors (Lipinski definition) is 0. The number of nitrogens with zero attached hydrogens (tertiary/aromatic N) is 6. The first-order valence-corrected chi connectivity index (χ1v) is 14.1. The van der Waals surface area contributed by atoms with Gasteiger partial charge in [-0.3, -0.25) is 0 Å². The van der Waals surface area contributed by atoms with Gasteiger partial charge in [0, 0.05) is 11.1 Å². The molecule has 6 nitrogen and oxygen atoms in total. The molecule has 2 aliphatic rings. The normalized spacial score (nSPS) is 11.3. The van der Waals surface area contributed by atoms with Crippen molar-refractivity contribution >= 4 is 11.1 Å². The van der Waals surface area contributed by atoms with Gasteiger partial charge in [0.05, 0.1) is 23.3 Å². The van der Waals surface area contributed by atoms with Crippen LogP contribution in [0.15, 0.2) is 108 Å². The molecule has 0 bridgehead atoms. The Morgan fingerprint density at radius 2 is 0.717 bits per heavy atom. The van der Waals surface area contributed by atoms with Gasteiger partial charge in [0.1, 0.15) is 35.4 Å². The first-order chi connectivity index (χ1) is 22.5. The summed E-state index contributed by atoms with van der Waals surface area (Å²) in [6.07, 6.45) is 0. The van der Waals surface area contributed by atoms with Crippen LogP contribution in [0.5, 0.6) is 0 Å². The molecule has 0 fully saturated rings. The van der Waals surface area contributed by atoms with Crippen LogP contribution in [0.4, 0.5) is 0 Å². The van der Waals surface area contributed by atoms with Crippen molar-refractivity contribution in [2.45, 2.75) is 0 Å². The SMILES string of the molecule is N#CC(C#N)=C1c2cc(-c3cccc(C#N)c3)ccc2-c2cc3c(cc21)-c1ccc(-c2cccc(C#N)c2)cc1C3=C(C#N)C#N. The molecule has 0 saturated heterocycles. The predicted octanol–water partition coefficient (Wildman–Crippen LogP) is 8.42. The van der Waals surface area contributed by atoms with E-state index in [1.807, 2.05) is 72.8 Å². The number of fused-ring (bicyclic) bond motifs is 6. The highest BCUT2D eigenvalue weighted by Gasteiger charge is 2.34. The quantitative estimate of drug-likeness (QED) is 0.188. The molecule has 0 atom stereocenters. The highest BCUT2D eigenvalue weighted by molar-refractivity contribution is 6.11. The molecule has 0 aliphatic heterocycles. The minimum atomic E-state index is -0.0284.